The quantitative estimate of drug-likeness (QED) is 0.488. The lowest BCUT2D eigenvalue weighted by Gasteiger charge is -2.17. The van der Waals surface area contributed by atoms with Gasteiger partial charge in [-0.3, -0.25) is 0 Å². The van der Waals surface area contributed by atoms with E-state index in [-0.39, 0.29) is 0 Å². The molecule has 1 aliphatic heterocycles. The molecule has 6 heteroatoms. The van der Waals surface area contributed by atoms with E-state index < -0.39 is 6.17 Å². The van der Waals surface area contributed by atoms with Crippen LogP contribution in [-0.4, -0.2) is 56.5 Å². The summed E-state index contributed by atoms with van der Waals surface area (Å²) in [6, 6.07) is 12.0. The Morgan fingerprint density at radius 2 is 2.04 bits per heavy atom. The number of hydrogen-bond acceptors (Lipinski definition) is 5. The highest BCUT2D eigenvalue weighted by Crippen LogP contribution is 2.38. The number of aromatic nitrogens is 1. The molecule has 0 radical (unpaired) electrons. The normalized spacial score (nSPS) is 17.3. The monoisotopic (exact) mass is 383 g/mol. The van der Waals surface area contributed by atoms with Gasteiger partial charge >= 0.3 is 0 Å². The number of halogens is 1. The minimum absolute atomic E-state index is 0.545. The zero-order chi connectivity index (χ0) is 19.5. The van der Waals surface area contributed by atoms with Gasteiger partial charge in [-0.15, -0.1) is 0 Å². The number of rotatable bonds is 7. The summed E-state index contributed by atoms with van der Waals surface area (Å²) >= 11 is 0. The van der Waals surface area contributed by atoms with Crippen LogP contribution in [0.5, 0.6) is 11.5 Å². The molecule has 0 unspecified atom stereocenters. The maximum atomic E-state index is 13.3. The van der Waals surface area contributed by atoms with Gasteiger partial charge in [0.25, 0.3) is 0 Å². The van der Waals surface area contributed by atoms with Gasteiger partial charge in [0.05, 0.1) is 30.4 Å². The molecule has 28 heavy (non-hydrogen) atoms. The molecular weight excluding hydrogens is 357 g/mol. The van der Waals surface area contributed by atoms with Gasteiger partial charge in [0.1, 0.15) is 6.17 Å². The summed E-state index contributed by atoms with van der Waals surface area (Å²) in [6.07, 6.45) is 0.817. The molecule has 2 heterocycles. The maximum absolute atomic E-state index is 13.3. The topological polar surface area (TPSA) is 46.6 Å². The molecule has 2 aromatic carbocycles. The lowest BCUT2D eigenvalue weighted by molar-refractivity contribution is 0.243. The Kier molecular flexibility index (Phi) is 5.48. The Morgan fingerprint density at radius 3 is 2.79 bits per heavy atom. The summed E-state index contributed by atoms with van der Waals surface area (Å²) in [4.78, 5) is 6.95. The van der Waals surface area contributed by atoms with Crippen LogP contribution in [0.25, 0.3) is 21.8 Å². The highest BCUT2D eigenvalue weighted by Gasteiger charge is 2.21. The number of nitrogens with one attached hydrogen (secondary N) is 1. The molecule has 0 aliphatic carbocycles. The van der Waals surface area contributed by atoms with Crippen molar-refractivity contribution in [2.24, 2.45) is 0 Å². The molecule has 148 valence electrons. The zero-order valence-corrected chi connectivity index (χ0v) is 16.4. The van der Waals surface area contributed by atoms with Crippen LogP contribution in [0.2, 0.25) is 0 Å². The van der Waals surface area contributed by atoms with Crippen molar-refractivity contribution in [1.29, 1.82) is 0 Å². The van der Waals surface area contributed by atoms with Crippen LogP contribution in [0, 0.1) is 0 Å². The molecule has 1 aliphatic rings. The van der Waals surface area contributed by atoms with Crippen LogP contribution in [0.4, 0.5) is 10.1 Å². The van der Waals surface area contributed by atoms with Gasteiger partial charge in [-0.25, -0.2) is 9.37 Å². The number of fused-ring (bicyclic) bond motifs is 2. The van der Waals surface area contributed by atoms with Crippen molar-refractivity contribution in [2.75, 3.05) is 45.7 Å². The Balaban J connectivity index is 1.57. The average Bonchev–Trinajstić information content (AvgIpc) is 3.13. The standard InChI is InChI=1S/C22H26FN3O2/c1-24-22-16-6-3-4-7-18(16)25-19-13-21(20(27-2)12-17(19)22)28-11-5-9-26-10-8-15(23)14-26/h3-4,6-7,12-13,15H,5,8-11,14H2,1-2H3,(H,24,25)/t15-/m1/s1. The second-order valence-electron chi connectivity index (χ2n) is 7.16. The molecule has 0 saturated carbocycles. The number of nitrogens with zero attached hydrogens (tertiary/aromatic N) is 2. The summed E-state index contributed by atoms with van der Waals surface area (Å²) in [6.45, 7) is 2.79. The van der Waals surface area contributed by atoms with E-state index in [1.54, 1.807) is 7.11 Å². The van der Waals surface area contributed by atoms with Crippen LogP contribution >= 0.6 is 0 Å². The van der Waals surface area contributed by atoms with Crippen molar-refractivity contribution in [3.8, 4) is 11.5 Å². The van der Waals surface area contributed by atoms with E-state index in [2.05, 4.69) is 16.3 Å². The second kappa shape index (κ2) is 8.19. The fourth-order valence-corrected chi connectivity index (χ4v) is 3.90. The van der Waals surface area contributed by atoms with Crippen LogP contribution in [-0.2, 0) is 0 Å². The fourth-order valence-electron chi connectivity index (χ4n) is 3.90. The summed E-state index contributed by atoms with van der Waals surface area (Å²) in [5.74, 6) is 1.37. The number of benzene rings is 2. The number of pyridine rings is 1. The minimum Gasteiger partial charge on any atom is -0.493 e. The third-order valence-electron chi connectivity index (χ3n) is 5.31. The van der Waals surface area contributed by atoms with Crippen molar-refractivity contribution in [3.05, 3.63) is 36.4 Å². The number of anilines is 1. The van der Waals surface area contributed by atoms with Crippen molar-refractivity contribution in [1.82, 2.24) is 9.88 Å². The number of methoxy groups -OCH3 is 1. The molecular formula is C22H26FN3O2. The van der Waals surface area contributed by atoms with E-state index in [0.717, 1.165) is 47.0 Å². The Morgan fingerprint density at radius 1 is 1.18 bits per heavy atom. The van der Waals surface area contributed by atoms with Gasteiger partial charge in [0, 0.05) is 43.5 Å². The number of alkyl halides is 1. The number of hydrogen-bond donors (Lipinski definition) is 1. The van der Waals surface area contributed by atoms with Gasteiger partial charge in [0.2, 0.25) is 0 Å². The highest BCUT2D eigenvalue weighted by molar-refractivity contribution is 6.08. The maximum Gasteiger partial charge on any atom is 0.163 e. The number of para-hydroxylation sites is 1. The van der Waals surface area contributed by atoms with E-state index in [1.807, 2.05) is 37.4 Å². The lowest BCUT2D eigenvalue weighted by atomic mass is 10.1. The average molecular weight is 383 g/mol. The first-order chi connectivity index (χ1) is 13.7. The lowest BCUT2D eigenvalue weighted by Crippen LogP contribution is -2.23. The zero-order valence-electron chi connectivity index (χ0n) is 16.4. The third-order valence-corrected chi connectivity index (χ3v) is 5.31. The largest absolute Gasteiger partial charge is 0.493 e. The van der Waals surface area contributed by atoms with Crippen molar-refractivity contribution < 1.29 is 13.9 Å². The molecule has 1 fully saturated rings. The smallest absolute Gasteiger partial charge is 0.163 e. The van der Waals surface area contributed by atoms with Gasteiger partial charge in [-0.2, -0.15) is 0 Å². The molecule has 3 aromatic rings. The van der Waals surface area contributed by atoms with Crippen LogP contribution in [0.15, 0.2) is 36.4 Å². The van der Waals surface area contributed by atoms with E-state index in [9.17, 15) is 4.39 Å². The third kappa shape index (κ3) is 3.69. The summed E-state index contributed by atoms with van der Waals surface area (Å²) in [5, 5.41) is 5.37. The number of likely N-dealkylation sites (tertiary alicyclic amines) is 1. The van der Waals surface area contributed by atoms with E-state index in [0.29, 0.717) is 31.1 Å². The summed E-state index contributed by atoms with van der Waals surface area (Å²) < 4.78 is 24.8. The molecule has 0 bridgehead atoms. The summed E-state index contributed by atoms with van der Waals surface area (Å²) in [5.41, 5.74) is 2.82. The first-order valence-electron chi connectivity index (χ1n) is 9.77. The molecule has 0 amide bonds. The Hall–Kier alpha value is -2.60. The first kappa shape index (κ1) is 18.7. The van der Waals surface area contributed by atoms with Crippen LogP contribution < -0.4 is 14.8 Å². The van der Waals surface area contributed by atoms with E-state index in [1.165, 1.54) is 0 Å². The second-order valence-corrected chi connectivity index (χ2v) is 7.16. The van der Waals surface area contributed by atoms with Crippen molar-refractivity contribution in [3.63, 3.8) is 0 Å². The molecule has 4 rings (SSSR count). The van der Waals surface area contributed by atoms with Crippen molar-refractivity contribution >= 4 is 27.5 Å². The van der Waals surface area contributed by atoms with Gasteiger partial charge in [0.15, 0.2) is 11.5 Å². The predicted molar refractivity (Wildman–Crippen MR) is 111 cm³/mol. The number of ether oxygens (including phenoxy) is 2. The Labute approximate surface area is 164 Å². The van der Waals surface area contributed by atoms with Gasteiger partial charge < -0.3 is 19.7 Å². The summed E-state index contributed by atoms with van der Waals surface area (Å²) in [7, 11) is 3.56. The first-order valence-corrected chi connectivity index (χ1v) is 9.77. The fraction of sp³-hybridized carbons (Fsp3) is 0.409. The molecule has 5 nitrogen and oxygen atoms in total. The molecule has 1 saturated heterocycles. The highest BCUT2D eigenvalue weighted by atomic mass is 19.1. The van der Waals surface area contributed by atoms with E-state index >= 15 is 0 Å². The van der Waals surface area contributed by atoms with Gasteiger partial charge in [-0.1, -0.05) is 18.2 Å². The molecule has 1 aromatic heterocycles. The Bertz CT molecular complexity index is 979. The molecule has 0 spiro atoms. The SMILES string of the molecule is CNc1c2ccccc2nc2cc(OCCCN3CC[C@@H](F)C3)c(OC)cc12. The van der Waals surface area contributed by atoms with Gasteiger partial charge in [-0.05, 0) is 25.0 Å². The predicted octanol–water partition coefficient (Wildman–Crippen LogP) is 4.25. The minimum atomic E-state index is -0.677. The van der Waals surface area contributed by atoms with Crippen LogP contribution in [0.1, 0.15) is 12.8 Å². The van der Waals surface area contributed by atoms with Crippen LogP contribution in [0.3, 0.4) is 0 Å². The molecule has 1 N–H and O–H groups in total. The van der Waals surface area contributed by atoms with E-state index in [4.69, 9.17) is 14.5 Å². The van der Waals surface area contributed by atoms with Crippen molar-refractivity contribution in [2.45, 2.75) is 19.0 Å². The molecule has 1 atom stereocenters.